The molecule has 0 spiro atoms. The van der Waals surface area contributed by atoms with Gasteiger partial charge in [-0.1, -0.05) is 18.7 Å². The Balaban J connectivity index is 2.93. The number of ether oxygens (including phenoxy) is 2. The molecule has 0 saturated carbocycles. The molecule has 0 unspecified atom stereocenters. The molecule has 4 heteroatoms. The molecule has 0 aliphatic rings. The zero-order chi connectivity index (χ0) is 12.0. The lowest BCUT2D eigenvalue weighted by molar-refractivity contribution is 0.146. The van der Waals surface area contributed by atoms with Crippen LogP contribution in [0, 0.1) is 0 Å². The van der Waals surface area contributed by atoms with E-state index in [0.29, 0.717) is 24.5 Å². The summed E-state index contributed by atoms with van der Waals surface area (Å²) in [5.74, 6) is -0.242. The summed E-state index contributed by atoms with van der Waals surface area (Å²) in [5, 5.41) is 9.08. The Labute approximate surface area is 94.1 Å². The topological polar surface area (TPSA) is 38.7 Å². The molecule has 0 amide bonds. The van der Waals surface area contributed by atoms with Crippen LogP contribution in [0.2, 0.25) is 0 Å². The first kappa shape index (κ1) is 12.7. The summed E-state index contributed by atoms with van der Waals surface area (Å²) < 4.78 is 23.4. The normalized spacial score (nSPS) is 10.2. The first-order chi connectivity index (χ1) is 7.70. The molecule has 3 nitrogen and oxygen atoms in total. The van der Waals surface area contributed by atoms with Gasteiger partial charge in [-0.3, -0.25) is 0 Å². The summed E-state index contributed by atoms with van der Waals surface area (Å²) in [4.78, 5) is 0. The van der Waals surface area contributed by atoms with Crippen molar-refractivity contribution in [3.8, 4) is 5.75 Å². The van der Waals surface area contributed by atoms with E-state index in [4.69, 9.17) is 14.6 Å². The third-order valence-electron chi connectivity index (χ3n) is 2.10. The average Bonchev–Trinajstić information content (AvgIpc) is 2.28. The molecule has 0 fully saturated rings. The van der Waals surface area contributed by atoms with Crippen molar-refractivity contribution in [3.05, 3.63) is 35.9 Å². The molecule has 0 saturated heterocycles. The molecule has 0 aliphatic heterocycles. The minimum absolute atomic E-state index is 0.223. The van der Waals surface area contributed by atoms with Gasteiger partial charge in [-0.15, -0.1) is 0 Å². The third kappa shape index (κ3) is 3.05. The molecule has 1 aromatic carbocycles. The predicted molar refractivity (Wildman–Crippen MR) is 59.9 cm³/mol. The predicted octanol–water partition coefficient (Wildman–Crippen LogP) is 2.14. The van der Waals surface area contributed by atoms with Crippen LogP contribution in [0.25, 0.3) is 5.83 Å². The summed E-state index contributed by atoms with van der Waals surface area (Å²) in [7, 11) is 1.56. The van der Waals surface area contributed by atoms with E-state index in [1.54, 1.807) is 25.3 Å². The van der Waals surface area contributed by atoms with Crippen molar-refractivity contribution < 1.29 is 19.0 Å². The van der Waals surface area contributed by atoms with Gasteiger partial charge in [0, 0.05) is 7.11 Å². The molecule has 0 radical (unpaired) electrons. The van der Waals surface area contributed by atoms with Crippen molar-refractivity contribution in [2.75, 3.05) is 20.3 Å². The lowest BCUT2D eigenvalue weighted by Crippen LogP contribution is -2.06. The SMILES string of the molecule is C=C(F)c1c(CO)cccc1OCCOC. The van der Waals surface area contributed by atoms with E-state index < -0.39 is 5.83 Å². The van der Waals surface area contributed by atoms with Gasteiger partial charge < -0.3 is 14.6 Å². The van der Waals surface area contributed by atoms with E-state index in [1.807, 2.05) is 0 Å². The zero-order valence-electron chi connectivity index (χ0n) is 9.20. The van der Waals surface area contributed by atoms with Crippen molar-refractivity contribution in [3.63, 3.8) is 0 Å². The van der Waals surface area contributed by atoms with Crippen LogP contribution in [0.15, 0.2) is 24.8 Å². The van der Waals surface area contributed by atoms with Gasteiger partial charge in [-0.05, 0) is 11.6 Å². The van der Waals surface area contributed by atoms with Crippen molar-refractivity contribution in [1.29, 1.82) is 0 Å². The van der Waals surface area contributed by atoms with Crippen molar-refractivity contribution >= 4 is 5.83 Å². The maximum absolute atomic E-state index is 13.2. The Morgan fingerprint density at radius 2 is 2.19 bits per heavy atom. The van der Waals surface area contributed by atoms with E-state index >= 15 is 0 Å². The largest absolute Gasteiger partial charge is 0.490 e. The first-order valence-corrected chi connectivity index (χ1v) is 4.90. The van der Waals surface area contributed by atoms with Crippen LogP contribution >= 0.6 is 0 Å². The zero-order valence-corrected chi connectivity index (χ0v) is 9.20. The summed E-state index contributed by atoms with van der Waals surface area (Å²) in [5.41, 5.74) is 0.684. The second-order valence-corrected chi connectivity index (χ2v) is 3.19. The Hall–Kier alpha value is -1.39. The minimum atomic E-state index is -0.614. The van der Waals surface area contributed by atoms with Gasteiger partial charge in [-0.25, -0.2) is 4.39 Å². The highest BCUT2D eigenvalue weighted by Crippen LogP contribution is 2.29. The van der Waals surface area contributed by atoms with Crippen LogP contribution in [0.4, 0.5) is 4.39 Å². The quantitative estimate of drug-likeness (QED) is 0.755. The van der Waals surface area contributed by atoms with E-state index in [0.717, 1.165) is 0 Å². The second kappa shape index (κ2) is 6.25. The van der Waals surface area contributed by atoms with Gasteiger partial charge >= 0.3 is 0 Å². The molecule has 1 rings (SSSR count). The monoisotopic (exact) mass is 226 g/mol. The highest BCUT2D eigenvalue weighted by Gasteiger charge is 2.12. The van der Waals surface area contributed by atoms with Crippen LogP contribution < -0.4 is 4.74 Å². The number of hydrogen-bond donors (Lipinski definition) is 1. The Bertz CT molecular complexity index is 363. The molecule has 1 N–H and O–H groups in total. The van der Waals surface area contributed by atoms with Crippen LogP contribution in [-0.4, -0.2) is 25.4 Å². The smallest absolute Gasteiger partial charge is 0.129 e. The number of hydrogen-bond acceptors (Lipinski definition) is 3. The van der Waals surface area contributed by atoms with E-state index in [9.17, 15) is 4.39 Å². The fraction of sp³-hybridized carbons (Fsp3) is 0.333. The molecule has 1 aromatic rings. The number of aliphatic hydroxyl groups excluding tert-OH is 1. The van der Waals surface area contributed by atoms with Crippen molar-refractivity contribution in [2.45, 2.75) is 6.61 Å². The van der Waals surface area contributed by atoms with Crippen LogP contribution in [0.3, 0.4) is 0 Å². The molecule has 0 bridgehead atoms. The van der Waals surface area contributed by atoms with Gasteiger partial charge in [0.25, 0.3) is 0 Å². The Kier molecular flexibility index (Phi) is 4.95. The third-order valence-corrected chi connectivity index (χ3v) is 2.10. The second-order valence-electron chi connectivity index (χ2n) is 3.19. The fourth-order valence-corrected chi connectivity index (χ4v) is 1.37. The molecule has 0 aromatic heterocycles. The molecule has 0 atom stereocenters. The first-order valence-electron chi connectivity index (χ1n) is 4.90. The van der Waals surface area contributed by atoms with Gasteiger partial charge in [0.15, 0.2) is 0 Å². The van der Waals surface area contributed by atoms with E-state index in [2.05, 4.69) is 6.58 Å². The molecule has 0 heterocycles. The molecule has 16 heavy (non-hydrogen) atoms. The number of halogens is 1. The lowest BCUT2D eigenvalue weighted by Gasteiger charge is -2.12. The Morgan fingerprint density at radius 3 is 2.75 bits per heavy atom. The van der Waals surface area contributed by atoms with Crippen molar-refractivity contribution in [2.24, 2.45) is 0 Å². The highest BCUT2D eigenvalue weighted by atomic mass is 19.1. The molecular formula is C12H15FO3. The van der Waals surface area contributed by atoms with Crippen LogP contribution in [0.5, 0.6) is 5.75 Å². The number of aliphatic hydroxyl groups is 1. The van der Waals surface area contributed by atoms with Crippen LogP contribution in [0.1, 0.15) is 11.1 Å². The number of benzene rings is 1. The summed E-state index contributed by atoms with van der Waals surface area (Å²) in [6.07, 6.45) is 0. The summed E-state index contributed by atoms with van der Waals surface area (Å²) in [6, 6.07) is 4.96. The lowest BCUT2D eigenvalue weighted by atomic mass is 10.1. The fourth-order valence-electron chi connectivity index (χ4n) is 1.37. The molecular weight excluding hydrogens is 211 g/mol. The molecule has 88 valence electrons. The van der Waals surface area contributed by atoms with E-state index in [1.165, 1.54) is 0 Å². The summed E-state index contributed by atoms with van der Waals surface area (Å²) in [6.45, 7) is 3.73. The maximum atomic E-state index is 13.2. The van der Waals surface area contributed by atoms with Gasteiger partial charge in [0.1, 0.15) is 18.2 Å². The minimum Gasteiger partial charge on any atom is -0.490 e. The summed E-state index contributed by atoms with van der Waals surface area (Å²) >= 11 is 0. The van der Waals surface area contributed by atoms with Gasteiger partial charge in [0.2, 0.25) is 0 Å². The highest BCUT2D eigenvalue weighted by molar-refractivity contribution is 5.66. The van der Waals surface area contributed by atoms with Crippen LogP contribution in [-0.2, 0) is 11.3 Å². The maximum Gasteiger partial charge on any atom is 0.129 e. The standard InChI is InChI=1S/C12H15FO3/c1-9(13)12-10(8-14)4-3-5-11(12)16-7-6-15-2/h3-5,14H,1,6-8H2,2H3. The van der Waals surface area contributed by atoms with Gasteiger partial charge in [0.05, 0.1) is 18.8 Å². The number of rotatable bonds is 6. The number of methoxy groups -OCH3 is 1. The Morgan fingerprint density at radius 1 is 1.44 bits per heavy atom. The van der Waals surface area contributed by atoms with Crippen molar-refractivity contribution in [1.82, 2.24) is 0 Å². The molecule has 0 aliphatic carbocycles. The average molecular weight is 226 g/mol. The van der Waals surface area contributed by atoms with Gasteiger partial charge in [-0.2, -0.15) is 0 Å². The van der Waals surface area contributed by atoms with E-state index in [-0.39, 0.29) is 12.2 Å².